The third-order valence-corrected chi connectivity index (χ3v) is 4.01. The van der Waals surface area contributed by atoms with Gasteiger partial charge in [-0.25, -0.2) is 0 Å². The molecule has 1 N–H and O–H groups in total. The molecular formula is C17H16BrNO2. The zero-order valence-corrected chi connectivity index (χ0v) is 13.3. The number of hydrogen-bond acceptors (Lipinski definition) is 2. The van der Waals surface area contributed by atoms with Crippen LogP contribution in [0.25, 0.3) is 0 Å². The van der Waals surface area contributed by atoms with Gasteiger partial charge >= 0.3 is 0 Å². The summed E-state index contributed by atoms with van der Waals surface area (Å²) in [7, 11) is 0. The van der Waals surface area contributed by atoms with Crippen LogP contribution in [0.3, 0.4) is 0 Å². The van der Waals surface area contributed by atoms with Crippen LogP contribution in [-0.2, 0) is 4.79 Å². The molecule has 4 heteroatoms. The van der Waals surface area contributed by atoms with Crippen LogP contribution in [0, 0.1) is 6.92 Å². The molecule has 0 heterocycles. The summed E-state index contributed by atoms with van der Waals surface area (Å²) in [5.74, 6) is -0.168. The second kappa shape index (κ2) is 7.18. The van der Waals surface area contributed by atoms with Crippen LogP contribution >= 0.6 is 15.9 Å². The first-order chi connectivity index (χ1) is 10.1. The summed E-state index contributed by atoms with van der Waals surface area (Å²) in [5.41, 5.74) is 2.44. The Hall–Kier alpha value is -1.94. The predicted molar refractivity (Wildman–Crippen MR) is 87.5 cm³/mol. The number of carbonyl (C=O) groups is 2. The van der Waals surface area contributed by atoms with Crippen molar-refractivity contribution in [3.05, 3.63) is 64.1 Å². The minimum atomic E-state index is -0.152. The number of anilines is 1. The number of nitrogens with one attached hydrogen (secondary N) is 1. The summed E-state index contributed by atoms with van der Waals surface area (Å²) < 4.78 is 1.000. The first kappa shape index (κ1) is 15.4. The fraction of sp³-hybridized carbons (Fsp3) is 0.176. The van der Waals surface area contributed by atoms with E-state index in [0.29, 0.717) is 5.56 Å². The molecule has 0 radical (unpaired) electrons. The van der Waals surface area contributed by atoms with Crippen LogP contribution in [-0.4, -0.2) is 11.7 Å². The van der Waals surface area contributed by atoms with Crippen LogP contribution < -0.4 is 5.32 Å². The molecule has 0 fully saturated rings. The molecule has 0 saturated carbocycles. The lowest BCUT2D eigenvalue weighted by atomic mass is 10.1. The van der Waals surface area contributed by atoms with Gasteiger partial charge in [-0.15, -0.1) is 0 Å². The van der Waals surface area contributed by atoms with E-state index in [0.717, 1.165) is 15.7 Å². The van der Waals surface area contributed by atoms with Crippen molar-refractivity contribution in [2.24, 2.45) is 0 Å². The first-order valence-corrected chi connectivity index (χ1v) is 7.50. The van der Waals surface area contributed by atoms with Gasteiger partial charge in [0.2, 0.25) is 5.91 Å². The monoisotopic (exact) mass is 345 g/mol. The Morgan fingerprint density at radius 1 is 1.05 bits per heavy atom. The average Bonchev–Trinajstić information content (AvgIpc) is 2.49. The minimum absolute atomic E-state index is 0.0160. The van der Waals surface area contributed by atoms with E-state index in [1.54, 1.807) is 12.1 Å². The molecule has 0 aromatic heterocycles. The molecule has 21 heavy (non-hydrogen) atoms. The number of amides is 1. The number of hydrogen-bond donors (Lipinski definition) is 1. The van der Waals surface area contributed by atoms with Gasteiger partial charge in [-0.1, -0.05) is 46.3 Å². The second-order valence-corrected chi connectivity index (χ2v) is 5.66. The lowest BCUT2D eigenvalue weighted by molar-refractivity contribution is -0.116. The number of ketones is 1. The molecule has 3 nitrogen and oxygen atoms in total. The van der Waals surface area contributed by atoms with Crippen molar-refractivity contribution in [1.29, 1.82) is 0 Å². The molecule has 0 aliphatic heterocycles. The highest BCUT2D eigenvalue weighted by molar-refractivity contribution is 9.10. The standard InChI is InChI=1S/C17H16BrNO2/c1-12-11-14(7-8-15(12)18)19-17(21)10-9-16(20)13-5-3-2-4-6-13/h2-8,11H,9-10H2,1H3,(H,19,21). The molecule has 0 aliphatic carbocycles. The largest absolute Gasteiger partial charge is 0.326 e. The van der Waals surface area contributed by atoms with E-state index in [2.05, 4.69) is 21.2 Å². The van der Waals surface area contributed by atoms with E-state index >= 15 is 0 Å². The number of halogens is 1. The van der Waals surface area contributed by atoms with E-state index in [-0.39, 0.29) is 24.5 Å². The minimum Gasteiger partial charge on any atom is -0.326 e. The van der Waals surface area contributed by atoms with Gasteiger partial charge in [0.1, 0.15) is 0 Å². The molecule has 0 saturated heterocycles. The van der Waals surface area contributed by atoms with Crippen molar-refractivity contribution < 1.29 is 9.59 Å². The number of aryl methyl sites for hydroxylation is 1. The van der Waals surface area contributed by atoms with Crippen LogP contribution in [0.1, 0.15) is 28.8 Å². The van der Waals surface area contributed by atoms with Gasteiger partial charge in [-0.2, -0.15) is 0 Å². The summed E-state index contributed by atoms with van der Waals surface area (Å²) in [5, 5.41) is 2.80. The smallest absolute Gasteiger partial charge is 0.224 e. The zero-order valence-electron chi connectivity index (χ0n) is 11.7. The van der Waals surface area contributed by atoms with Crippen molar-refractivity contribution in [2.45, 2.75) is 19.8 Å². The molecule has 0 bridgehead atoms. The van der Waals surface area contributed by atoms with Crippen molar-refractivity contribution in [3.8, 4) is 0 Å². The Bertz CT molecular complexity index is 653. The summed E-state index contributed by atoms with van der Waals surface area (Å²) in [6.45, 7) is 1.96. The Balaban J connectivity index is 1.87. The van der Waals surface area contributed by atoms with Crippen molar-refractivity contribution >= 4 is 33.3 Å². The molecule has 0 atom stereocenters. The quantitative estimate of drug-likeness (QED) is 0.818. The third kappa shape index (κ3) is 4.53. The fourth-order valence-electron chi connectivity index (χ4n) is 1.94. The van der Waals surface area contributed by atoms with E-state index in [1.807, 2.05) is 43.3 Å². The molecule has 108 valence electrons. The van der Waals surface area contributed by atoms with Gasteiger partial charge in [0.05, 0.1) is 0 Å². The SMILES string of the molecule is Cc1cc(NC(=O)CCC(=O)c2ccccc2)ccc1Br. The summed E-state index contributed by atoms with van der Waals surface area (Å²) in [6.07, 6.45) is 0.397. The van der Waals surface area contributed by atoms with Gasteiger partial charge < -0.3 is 5.32 Å². The number of rotatable bonds is 5. The van der Waals surface area contributed by atoms with E-state index < -0.39 is 0 Å². The maximum Gasteiger partial charge on any atom is 0.224 e. The molecule has 2 rings (SSSR count). The topological polar surface area (TPSA) is 46.2 Å². The second-order valence-electron chi connectivity index (χ2n) is 4.80. The lowest BCUT2D eigenvalue weighted by Gasteiger charge is -2.07. The van der Waals surface area contributed by atoms with Crippen molar-refractivity contribution in [2.75, 3.05) is 5.32 Å². The van der Waals surface area contributed by atoms with Gasteiger partial charge in [0.15, 0.2) is 5.78 Å². The summed E-state index contributed by atoms with van der Waals surface area (Å²) >= 11 is 3.41. The van der Waals surface area contributed by atoms with Crippen molar-refractivity contribution in [1.82, 2.24) is 0 Å². The summed E-state index contributed by atoms with van der Waals surface area (Å²) in [4.78, 5) is 23.8. The van der Waals surface area contributed by atoms with Gasteiger partial charge in [0, 0.05) is 28.6 Å². The maximum atomic E-state index is 11.9. The molecule has 0 unspecified atom stereocenters. The van der Waals surface area contributed by atoms with Crippen LogP contribution in [0.15, 0.2) is 53.0 Å². The first-order valence-electron chi connectivity index (χ1n) is 6.70. The fourth-order valence-corrected chi connectivity index (χ4v) is 2.19. The van der Waals surface area contributed by atoms with Gasteiger partial charge in [-0.05, 0) is 30.7 Å². The number of benzene rings is 2. The molecule has 0 spiro atoms. The van der Waals surface area contributed by atoms with Crippen molar-refractivity contribution in [3.63, 3.8) is 0 Å². The zero-order chi connectivity index (χ0) is 15.2. The predicted octanol–water partition coefficient (Wildman–Crippen LogP) is 4.36. The van der Waals surface area contributed by atoms with E-state index in [1.165, 1.54) is 0 Å². The van der Waals surface area contributed by atoms with E-state index in [4.69, 9.17) is 0 Å². The Morgan fingerprint density at radius 3 is 2.43 bits per heavy atom. The normalized spacial score (nSPS) is 10.2. The van der Waals surface area contributed by atoms with Gasteiger partial charge in [0.25, 0.3) is 0 Å². The number of Topliss-reactive ketones (excluding diaryl/α,β-unsaturated/α-hetero) is 1. The third-order valence-electron chi connectivity index (χ3n) is 3.12. The number of carbonyl (C=O) groups excluding carboxylic acids is 2. The van der Waals surface area contributed by atoms with Gasteiger partial charge in [-0.3, -0.25) is 9.59 Å². The highest BCUT2D eigenvalue weighted by Gasteiger charge is 2.09. The molecule has 2 aromatic rings. The molecule has 0 aliphatic rings. The molecule has 2 aromatic carbocycles. The highest BCUT2D eigenvalue weighted by atomic mass is 79.9. The van der Waals surface area contributed by atoms with Crippen LogP contribution in [0.2, 0.25) is 0 Å². The van der Waals surface area contributed by atoms with Crippen LogP contribution in [0.4, 0.5) is 5.69 Å². The molecular weight excluding hydrogens is 330 g/mol. The summed E-state index contributed by atoms with van der Waals surface area (Å²) in [6, 6.07) is 14.6. The van der Waals surface area contributed by atoms with E-state index in [9.17, 15) is 9.59 Å². The highest BCUT2D eigenvalue weighted by Crippen LogP contribution is 2.20. The average molecular weight is 346 g/mol. The Kier molecular flexibility index (Phi) is 5.28. The Labute approximate surface area is 132 Å². The lowest BCUT2D eigenvalue weighted by Crippen LogP contribution is -2.13. The Morgan fingerprint density at radius 2 is 1.76 bits per heavy atom. The maximum absolute atomic E-state index is 11.9. The molecule has 1 amide bonds. The van der Waals surface area contributed by atoms with Crippen LogP contribution in [0.5, 0.6) is 0 Å².